The van der Waals surface area contributed by atoms with E-state index in [0.717, 1.165) is 31.9 Å². The van der Waals surface area contributed by atoms with Crippen LogP contribution in [0.4, 0.5) is 0 Å². The zero-order valence-electron chi connectivity index (χ0n) is 15.3. The van der Waals surface area contributed by atoms with Gasteiger partial charge in [0.05, 0.1) is 6.61 Å². The molecule has 0 saturated heterocycles. The molecule has 1 aromatic heterocycles. The molecule has 0 aliphatic carbocycles. The van der Waals surface area contributed by atoms with Crippen LogP contribution < -0.4 is 10.6 Å². The normalized spacial score (nSPS) is 13.2. The van der Waals surface area contributed by atoms with Gasteiger partial charge in [0, 0.05) is 43.3 Å². The second kappa shape index (κ2) is 9.33. The molecule has 0 spiro atoms. The van der Waals surface area contributed by atoms with Crippen LogP contribution in [0.15, 0.2) is 29.4 Å². The Morgan fingerprint density at radius 1 is 1.29 bits per heavy atom. The van der Waals surface area contributed by atoms with Crippen molar-refractivity contribution in [3.8, 4) is 0 Å². The zero-order chi connectivity index (χ0) is 17.4. The van der Waals surface area contributed by atoms with Gasteiger partial charge < -0.3 is 20.4 Å². The highest BCUT2D eigenvalue weighted by Crippen LogP contribution is 2.22. The molecule has 0 saturated carbocycles. The number of fused-ring (bicyclic) bond motifs is 1. The molecule has 1 heterocycles. The average molecular weight is 330 g/mol. The van der Waals surface area contributed by atoms with E-state index in [0.29, 0.717) is 6.61 Å². The van der Waals surface area contributed by atoms with Gasteiger partial charge in [-0.25, -0.2) is 0 Å². The van der Waals surface area contributed by atoms with E-state index in [1.54, 1.807) is 7.11 Å². The number of ether oxygens (including phenoxy) is 1. The minimum Gasteiger partial charge on any atom is -0.383 e. The monoisotopic (exact) mass is 330 g/mol. The van der Waals surface area contributed by atoms with Gasteiger partial charge in [0.15, 0.2) is 5.96 Å². The Bertz CT molecular complexity index is 662. The number of methoxy groups -OCH3 is 1. The molecule has 0 fully saturated rings. The Labute approximate surface area is 144 Å². The van der Waals surface area contributed by atoms with Crippen LogP contribution in [0, 0.1) is 0 Å². The van der Waals surface area contributed by atoms with E-state index in [1.807, 2.05) is 0 Å². The predicted octanol–water partition coefficient (Wildman–Crippen LogP) is 2.86. The maximum atomic E-state index is 5.17. The smallest absolute Gasteiger partial charge is 0.191 e. The molecule has 2 rings (SSSR count). The first-order chi connectivity index (χ1) is 11.7. The lowest BCUT2D eigenvalue weighted by molar-refractivity contribution is 0.179. The lowest BCUT2D eigenvalue weighted by atomic mass is 10.1. The van der Waals surface area contributed by atoms with Gasteiger partial charge in [0.2, 0.25) is 0 Å². The first-order valence-corrected chi connectivity index (χ1v) is 8.81. The zero-order valence-corrected chi connectivity index (χ0v) is 15.3. The summed E-state index contributed by atoms with van der Waals surface area (Å²) in [5, 5.41) is 7.96. The Morgan fingerprint density at radius 2 is 2.12 bits per heavy atom. The third kappa shape index (κ3) is 4.74. The Balaban J connectivity index is 2.03. The van der Waals surface area contributed by atoms with Crippen molar-refractivity contribution in [2.45, 2.75) is 39.7 Å². The van der Waals surface area contributed by atoms with Gasteiger partial charge in [-0.1, -0.05) is 25.1 Å². The van der Waals surface area contributed by atoms with Gasteiger partial charge in [-0.2, -0.15) is 0 Å². The van der Waals surface area contributed by atoms with Gasteiger partial charge in [-0.05, 0) is 37.8 Å². The highest BCUT2D eigenvalue weighted by atomic mass is 16.5. The fourth-order valence-corrected chi connectivity index (χ4v) is 2.91. The molecule has 1 unspecified atom stereocenters. The number of para-hydroxylation sites is 1. The van der Waals surface area contributed by atoms with E-state index in [4.69, 9.17) is 4.74 Å². The minimum atomic E-state index is 0.230. The molecule has 2 aromatic rings. The van der Waals surface area contributed by atoms with E-state index in [9.17, 15) is 0 Å². The highest BCUT2D eigenvalue weighted by molar-refractivity contribution is 5.86. The summed E-state index contributed by atoms with van der Waals surface area (Å²) in [5.41, 5.74) is 3.95. The number of aromatic amines is 1. The largest absolute Gasteiger partial charge is 0.383 e. The Hall–Kier alpha value is -2.01. The molecular formula is C19H30N4O. The summed E-state index contributed by atoms with van der Waals surface area (Å²) < 4.78 is 5.17. The van der Waals surface area contributed by atoms with Crippen molar-refractivity contribution in [3.63, 3.8) is 0 Å². The molecule has 1 atom stereocenters. The minimum absolute atomic E-state index is 0.230. The van der Waals surface area contributed by atoms with Crippen LogP contribution in [0.3, 0.4) is 0 Å². The second-order valence-corrected chi connectivity index (χ2v) is 6.02. The number of nitrogens with zero attached hydrogens (tertiary/aromatic N) is 1. The molecule has 0 bridgehead atoms. The molecule has 0 aliphatic heterocycles. The number of hydrogen-bond acceptors (Lipinski definition) is 2. The van der Waals surface area contributed by atoms with Crippen LogP contribution >= 0.6 is 0 Å². The van der Waals surface area contributed by atoms with E-state index >= 15 is 0 Å². The van der Waals surface area contributed by atoms with E-state index in [1.165, 1.54) is 22.0 Å². The van der Waals surface area contributed by atoms with E-state index < -0.39 is 0 Å². The number of guanidine groups is 1. The van der Waals surface area contributed by atoms with Crippen LogP contribution in [0.5, 0.6) is 0 Å². The van der Waals surface area contributed by atoms with Crippen LogP contribution in [-0.2, 0) is 17.6 Å². The molecule has 3 N–H and O–H groups in total. The van der Waals surface area contributed by atoms with Gasteiger partial charge >= 0.3 is 0 Å². The standard InChI is InChI=1S/C19H30N4O/c1-5-15-8-7-9-17-16(12-22-18(15)17)10-11-21-19(20-6-2)23-14(3)13-24-4/h7-9,12,14,22H,5-6,10-11,13H2,1-4H3,(H2,20,21,23). The predicted molar refractivity (Wildman–Crippen MR) is 102 cm³/mol. The Kier molecular flexibility index (Phi) is 7.12. The number of hydrogen-bond donors (Lipinski definition) is 3. The Morgan fingerprint density at radius 3 is 2.83 bits per heavy atom. The maximum absolute atomic E-state index is 5.17. The fraction of sp³-hybridized carbons (Fsp3) is 0.526. The summed E-state index contributed by atoms with van der Waals surface area (Å²) in [6.07, 6.45) is 4.08. The number of H-pyrrole nitrogens is 1. The first kappa shape index (κ1) is 18.3. The number of aliphatic imine (C=N–C) groups is 1. The molecular weight excluding hydrogens is 300 g/mol. The number of rotatable bonds is 8. The van der Waals surface area contributed by atoms with Crippen molar-refractivity contribution in [1.29, 1.82) is 0 Å². The van der Waals surface area contributed by atoms with Crippen LogP contribution in [0.2, 0.25) is 0 Å². The summed E-state index contributed by atoms with van der Waals surface area (Å²) in [4.78, 5) is 8.11. The van der Waals surface area contributed by atoms with Crippen LogP contribution in [0.1, 0.15) is 31.9 Å². The van der Waals surface area contributed by atoms with E-state index in [2.05, 4.69) is 65.8 Å². The van der Waals surface area contributed by atoms with Crippen molar-refractivity contribution in [3.05, 3.63) is 35.5 Å². The highest BCUT2D eigenvalue weighted by Gasteiger charge is 2.07. The lowest BCUT2D eigenvalue weighted by Gasteiger charge is -2.16. The number of aryl methyl sites for hydroxylation is 1. The van der Waals surface area contributed by atoms with Crippen LogP contribution in [-0.4, -0.2) is 43.8 Å². The van der Waals surface area contributed by atoms with Crippen molar-refractivity contribution in [2.75, 3.05) is 26.8 Å². The van der Waals surface area contributed by atoms with Crippen molar-refractivity contribution < 1.29 is 4.74 Å². The summed E-state index contributed by atoms with van der Waals surface area (Å²) in [7, 11) is 1.71. The lowest BCUT2D eigenvalue weighted by Crippen LogP contribution is -2.44. The molecule has 1 aromatic carbocycles. The number of benzene rings is 1. The average Bonchev–Trinajstić information content (AvgIpc) is 2.98. The maximum Gasteiger partial charge on any atom is 0.191 e. The van der Waals surface area contributed by atoms with Crippen LogP contribution in [0.25, 0.3) is 10.9 Å². The summed E-state index contributed by atoms with van der Waals surface area (Å²) in [6.45, 7) is 8.60. The number of aromatic nitrogens is 1. The third-order valence-corrected chi connectivity index (χ3v) is 4.06. The van der Waals surface area contributed by atoms with Gasteiger partial charge in [0.1, 0.15) is 0 Å². The topological polar surface area (TPSA) is 61.4 Å². The third-order valence-electron chi connectivity index (χ3n) is 4.06. The first-order valence-electron chi connectivity index (χ1n) is 8.81. The molecule has 24 heavy (non-hydrogen) atoms. The quantitative estimate of drug-likeness (QED) is 0.515. The number of nitrogens with one attached hydrogen (secondary N) is 3. The molecule has 0 aliphatic rings. The van der Waals surface area contributed by atoms with Gasteiger partial charge in [-0.3, -0.25) is 4.99 Å². The molecule has 0 radical (unpaired) electrons. The molecule has 132 valence electrons. The van der Waals surface area contributed by atoms with Crippen molar-refractivity contribution >= 4 is 16.9 Å². The SMILES string of the molecule is CCNC(=NCCc1c[nH]c2c(CC)cccc12)NC(C)COC. The summed E-state index contributed by atoms with van der Waals surface area (Å²) in [6, 6.07) is 6.74. The van der Waals surface area contributed by atoms with Gasteiger partial charge in [0.25, 0.3) is 0 Å². The summed E-state index contributed by atoms with van der Waals surface area (Å²) in [5.74, 6) is 0.844. The van der Waals surface area contributed by atoms with E-state index in [-0.39, 0.29) is 6.04 Å². The van der Waals surface area contributed by atoms with Crippen molar-refractivity contribution in [1.82, 2.24) is 15.6 Å². The molecule has 0 amide bonds. The molecule has 5 nitrogen and oxygen atoms in total. The van der Waals surface area contributed by atoms with Gasteiger partial charge in [-0.15, -0.1) is 0 Å². The second-order valence-electron chi connectivity index (χ2n) is 6.02. The fourth-order valence-electron chi connectivity index (χ4n) is 2.91. The van der Waals surface area contributed by atoms with Crippen molar-refractivity contribution in [2.24, 2.45) is 4.99 Å². The molecule has 5 heteroatoms. The summed E-state index contributed by atoms with van der Waals surface area (Å²) >= 11 is 0.